The number of carbonyl (C=O) groups is 5. The number of carbonyl (C=O) groups excluding carboxylic acids is 5. The van der Waals surface area contributed by atoms with Crippen molar-refractivity contribution in [3.05, 3.63) is 46.3 Å². The first-order valence-electron chi connectivity index (χ1n) is 20.3. The zero-order valence-electron chi connectivity index (χ0n) is 36.3. The number of hydrogen-bond donors (Lipinski definition) is 1. The Hall–Kier alpha value is -4.20. The smallest absolute Gasteiger partial charge is 0.409 e. The SMILES string of the molecule is CC[C@H](C)[C@@H]([C@@H](CC(=O)N1CCC[C@H]1[C@H](OC)[C@@H](C)C(=O)N[C@H](CN=[N+]=[N-])Cc1ccccc1)OC)N(C)C(=O)[C@@H](CC(=O)[C@H](C(C)C)N(C)C(=O)OC)C(C)C. The van der Waals surface area contributed by atoms with Crippen molar-refractivity contribution >= 4 is 29.6 Å². The molecular formula is C42H69N7O8. The van der Waals surface area contributed by atoms with Gasteiger partial charge < -0.3 is 34.2 Å². The standard InChI is InChI=1S/C42H69N7O8/c1-13-28(6)38(47(8)41(53)32(26(2)3)23-34(50)37(27(4)5)48(9)42(54)57-12)35(55-10)24-36(51)49-21-17-20-33(49)39(56-11)29(7)40(52)45-31(25-44-46-43)22-30-18-15-14-16-19-30/h14-16,18-19,26-29,31-33,35,37-39H,13,17,20-25H2,1-12H3,(H,45,52)/t28-,29+,31-,32-,33-,35+,37-,38-,39+/m0/s1. The molecule has 15 nitrogen and oxygen atoms in total. The number of rotatable bonds is 23. The van der Waals surface area contributed by atoms with Gasteiger partial charge in [0.15, 0.2) is 5.78 Å². The van der Waals surface area contributed by atoms with E-state index in [1.807, 2.05) is 71.9 Å². The molecule has 1 saturated heterocycles. The lowest BCUT2D eigenvalue weighted by molar-refractivity contribution is -0.149. The Kier molecular flexibility index (Phi) is 20.5. The van der Waals surface area contributed by atoms with Crippen molar-refractivity contribution in [3.8, 4) is 0 Å². The van der Waals surface area contributed by atoms with E-state index in [-0.39, 0.29) is 66.7 Å². The van der Waals surface area contributed by atoms with Crippen molar-refractivity contribution in [2.75, 3.05) is 48.5 Å². The van der Waals surface area contributed by atoms with E-state index in [0.29, 0.717) is 25.8 Å². The van der Waals surface area contributed by atoms with E-state index in [0.717, 1.165) is 12.0 Å². The molecule has 1 aromatic carbocycles. The van der Waals surface area contributed by atoms with Crippen LogP contribution in [0.15, 0.2) is 35.4 Å². The lowest BCUT2D eigenvalue weighted by Crippen LogP contribution is -2.55. The second-order valence-corrected chi connectivity index (χ2v) is 16.2. The summed E-state index contributed by atoms with van der Waals surface area (Å²) in [6, 6.07) is 7.57. The Labute approximate surface area is 340 Å². The average molecular weight is 800 g/mol. The van der Waals surface area contributed by atoms with Crippen molar-refractivity contribution in [1.82, 2.24) is 20.0 Å². The van der Waals surface area contributed by atoms with Gasteiger partial charge in [0.05, 0.1) is 49.8 Å². The van der Waals surface area contributed by atoms with Crippen LogP contribution in [0.4, 0.5) is 4.79 Å². The number of benzene rings is 1. The van der Waals surface area contributed by atoms with Crippen LogP contribution in [0.3, 0.4) is 0 Å². The molecule has 2 rings (SSSR count). The van der Waals surface area contributed by atoms with E-state index in [1.165, 1.54) is 19.1 Å². The summed E-state index contributed by atoms with van der Waals surface area (Å²) >= 11 is 0. The minimum atomic E-state index is -0.766. The molecule has 4 amide bonds. The van der Waals surface area contributed by atoms with Gasteiger partial charge in [-0.15, -0.1) is 0 Å². The molecule has 0 radical (unpaired) electrons. The fourth-order valence-electron chi connectivity index (χ4n) is 8.33. The van der Waals surface area contributed by atoms with E-state index in [1.54, 1.807) is 38.0 Å². The Morgan fingerprint density at radius 3 is 2.12 bits per heavy atom. The number of hydrogen-bond acceptors (Lipinski definition) is 9. The summed E-state index contributed by atoms with van der Waals surface area (Å²) in [5.74, 6) is -2.66. The third-order valence-electron chi connectivity index (χ3n) is 11.7. The first-order valence-corrected chi connectivity index (χ1v) is 20.3. The molecule has 1 aliphatic rings. The Bertz CT molecular complexity index is 1500. The number of methoxy groups -OCH3 is 3. The van der Waals surface area contributed by atoms with E-state index in [4.69, 9.17) is 19.7 Å². The van der Waals surface area contributed by atoms with Crippen LogP contribution in [-0.4, -0.2) is 129 Å². The van der Waals surface area contributed by atoms with Gasteiger partial charge in [-0.2, -0.15) is 0 Å². The van der Waals surface area contributed by atoms with Crippen molar-refractivity contribution in [3.63, 3.8) is 0 Å². The topological polar surface area (TPSA) is 184 Å². The van der Waals surface area contributed by atoms with Crippen LogP contribution in [0.2, 0.25) is 0 Å². The summed E-state index contributed by atoms with van der Waals surface area (Å²) < 4.78 is 16.9. The molecule has 0 bridgehead atoms. The molecule has 9 atom stereocenters. The van der Waals surface area contributed by atoms with Gasteiger partial charge in [0.1, 0.15) is 0 Å². The molecule has 1 aliphatic heterocycles. The van der Waals surface area contributed by atoms with Crippen LogP contribution in [0.5, 0.6) is 0 Å². The Morgan fingerprint density at radius 1 is 0.947 bits per heavy atom. The quantitative estimate of drug-likeness (QED) is 0.0806. The van der Waals surface area contributed by atoms with Crippen molar-refractivity contribution in [2.24, 2.45) is 34.7 Å². The summed E-state index contributed by atoms with van der Waals surface area (Å²) in [6.45, 7) is 13.9. The number of amides is 4. The van der Waals surface area contributed by atoms with Gasteiger partial charge in [-0.05, 0) is 48.1 Å². The second-order valence-electron chi connectivity index (χ2n) is 16.2. The molecule has 0 unspecified atom stereocenters. The summed E-state index contributed by atoms with van der Waals surface area (Å²) in [6.07, 6.45) is 0.593. The average Bonchev–Trinajstić information content (AvgIpc) is 3.67. The molecule has 0 saturated carbocycles. The summed E-state index contributed by atoms with van der Waals surface area (Å²) in [5.41, 5.74) is 9.97. The minimum absolute atomic E-state index is 0.00737. The molecule has 0 aromatic heterocycles. The van der Waals surface area contributed by atoms with Gasteiger partial charge in [0.2, 0.25) is 17.7 Å². The van der Waals surface area contributed by atoms with Crippen LogP contribution in [0.1, 0.15) is 86.1 Å². The number of likely N-dealkylation sites (N-methyl/N-ethyl adjacent to an activating group) is 2. The molecule has 1 heterocycles. The fourth-order valence-corrected chi connectivity index (χ4v) is 8.33. The summed E-state index contributed by atoms with van der Waals surface area (Å²) in [7, 11) is 7.59. The van der Waals surface area contributed by atoms with Crippen molar-refractivity contribution in [2.45, 2.75) is 123 Å². The van der Waals surface area contributed by atoms with Crippen LogP contribution >= 0.6 is 0 Å². The maximum absolute atomic E-state index is 14.4. The summed E-state index contributed by atoms with van der Waals surface area (Å²) in [5, 5.41) is 6.77. The van der Waals surface area contributed by atoms with E-state index >= 15 is 0 Å². The second kappa shape index (κ2) is 23.9. The predicted octanol–water partition coefficient (Wildman–Crippen LogP) is 5.90. The highest BCUT2D eigenvalue weighted by Crippen LogP contribution is 2.31. The predicted molar refractivity (Wildman–Crippen MR) is 219 cm³/mol. The molecule has 0 spiro atoms. The Balaban J connectivity index is 2.30. The zero-order valence-corrected chi connectivity index (χ0v) is 36.3. The number of ketones is 1. The monoisotopic (exact) mass is 800 g/mol. The van der Waals surface area contributed by atoms with Gasteiger partial charge in [0.25, 0.3) is 0 Å². The van der Waals surface area contributed by atoms with E-state index < -0.39 is 48.3 Å². The van der Waals surface area contributed by atoms with Crippen molar-refractivity contribution in [1.29, 1.82) is 0 Å². The third kappa shape index (κ3) is 13.4. The highest BCUT2D eigenvalue weighted by atomic mass is 16.5. The molecule has 15 heteroatoms. The van der Waals surface area contributed by atoms with E-state index in [2.05, 4.69) is 15.3 Å². The van der Waals surface area contributed by atoms with Gasteiger partial charge in [-0.3, -0.25) is 19.2 Å². The van der Waals surface area contributed by atoms with Crippen LogP contribution in [0.25, 0.3) is 10.4 Å². The molecule has 1 fully saturated rings. The van der Waals surface area contributed by atoms with Gasteiger partial charge >= 0.3 is 6.09 Å². The molecule has 1 aromatic rings. The van der Waals surface area contributed by atoms with Crippen LogP contribution < -0.4 is 5.32 Å². The number of ether oxygens (including phenoxy) is 3. The molecule has 320 valence electrons. The number of nitrogens with zero attached hydrogens (tertiary/aromatic N) is 6. The lowest BCUT2D eigenvalue weighted by Gasteiger charge is -2.41. The van der Waals surface area contributed by atoms with Crippen LogP contribution in [0, 0.1) is 29.6 Å². The maximum atomic E-state index is 14.4. The first kappa shape index (κ1) is 48.9. The number of Topliss-reactive ketones (excluding diaryl/α,β-unsaturated/α-hetero) is 1. The lowest BCUT2D eigenvalue weighted by atomic mass is 9.83. The maximum Gasteiger partial charge on any atom is 0.409 e. The van der Waals surface area contributed by atoms with Gasteiger partial charge in [-0.25, -0.2) is 4.79 Å². The van der Waals surface area contributed by atoms with Gasteiger partial charge in [0, 0.05) is 64.7 Å². The fraction of sp³-hybridized carbons (Fsp3) is 0.738. The highest BCUT2D eigenvalue weighted by molar-refractivity contribution is 5.92. The minimum Gasteiger partial charge on any atom is -0.453 e. The number of azide groups is 1. The van der Waals surface area contributed by atoms with Crippen molar-refractivity contribution < 1.29 is 38.2 Å². The highest BCUT2D eigenvalue weighted by Gasteiger charge is 2.43. The first-order chi connectivity index (χ1) is 27.0. The van der Waals surface area contributed by atoms with Gasteiger partial charge in [-0.1, -0.05) is 90.3 Å². The molecule has 57 heavy (non-hydrogen) atoms. The van der Waals surface area contributed by atoms with E-state index in [9.17, 15) is 24.0 Å². The summed E-state index contributed by atoms with van der Waals surface area (Å²) in [4.78, 5) is 76.1. The number of nitrogens with one attached hydrogen (secondary N) is 1. The number of likely N-dealkylation sites (tertiary alicyclic amines) is 1. The normalized spacial score (nSPS) is 18.4. The largest absolute Gasteiger partial charge is 0.453 e. The third-order valence-corrected chi connectivity index (χ3v) is 11.7. The zero-order chi connectivity index (χ0) is 43.0. The molecule has 0 aliphatic carbocycles. The molecule has 1 N–H and O–H groups in total. The van der Waals surface area contributed by atoms with Crippen LogP contribution in [-0.2, 0) is 39.8 Å². The molecular weight excluding hydrogens is 731 g/mol. The Morgan fingerprint density at radius 2 is 1.60 bits per heavy atom.